The third kappa shape index (κ3) is 5.06. The summed E-state index contributed by atoms with van der Waals surface area (Å²) < 4.78 is 0. The highest BCUT2D eigenvalue weighted by atomic mass is 16.6. The van der Waals surface area contributed by atoms with Crippen LogP contribution in [0.3, 0.4) is 0 Å². The molecule has 0 radical (unpaired) electrons. The molecule has 1 saturated heterocycles. The lowest BCUT2D eigenvalue weighted by atomic mass is 10.1. The number of nitrogens with zero attached hydrogens (tertiary/aromatic N) is 2. The molecule has 28 heavy (non-hydrogen) atoms. The van der Waals surface area contributed by atoms with Gasteiger partial charge in [0, 0.05) is 42.2 Å². The number of nitrogens with one attached hydrogen (secondary N) is 2. The summed E-state index contributed by atoms with van der Waals surface area (Å²) in [5, 5.41) is 15.9. The molecular formula is C20H22N4O4. The number of anilines is 2. The Balaban J connectivity index is 1.56. The third-order valence-corrected chi connectivity index (χ3v) is 4.62. The number of amides is 3. The Hall–Kier alpha value is -3.42. The minimum absolute atomic E-state index is 0.0174. The number of non-ortho nitro benzene ring substituents is 1. The molecule has 146 valence electrons. The van der Waals surface area contributed by atoms with Gasteiger partial charge < -0.3 is 15.5 Å². The first-order valence-corrected chi connectivity index (χ1v) is 9.25. The van der Waals surface area contributed by atoms with Crippen molar-refractivity contribution in [2.45, 2.75) is 25.7 Å². The number of likely N-dealkylation sites (tertiary alicyclic amines) is 1. The zero-order valence-corrected chi connectivity index (χ0v) is 15.4. The van der Waals surface area contributed by atoms with E-state index in [2.05, 4.69) is 10.6 Å². The lowest BCUT2D eigenvalue weighted by Crippen LogP contribution is -2.31. The van der Waals surface area contributed by atoms with Gasteiger partial charge in [0.2, 0.25) is 0 Å². The van der Waals surface area contributed by atoms with Crippen molar-refractivity contribution in [2.24, 2.45) is 0 Å². The van der Waals surface area contributed by atoms with Gasteiger partial charge in [0.25, 0.3) is 11.6 Å². The predicted octanol–water partition coefficient (Wildman–Crippen LogP) is 4.26. The number of urea groups is 1. The highest BCUT2D eigenvalue weighted by Gasteiger charge is 2.17. The summed E-state index contributed by atoms with van der Waals surface area (Å²) in [6, 6.07) is 11.9. The molecule has 1 aliphatic heterocycles. The summed E-state index contributed by atoms with van der Waals surface area (Å²) in [7, 11) is 0. The Morgan fingerprint density at radius 3 is 1.82 bits per heavy atom. The molecule has 2 aromatic carbocycles. The van der Waals surface area contributed by atoms with Crippen LogP contribution in [0.15, 0.2) is 48.5 Å². The topological polar surface area (TPSA) is 105 Å². The lowest BCUT2D eigenvalue weighted by Gasteiger charge is -2.20. The summed E-state index contributed by atoms with van der Waals surface area (Å²) in [4.78, 5) is 36.7. The molecule has 8 nitrogen and oxygen atoms in total. The maximum Gasteiger partial charge on any atom is 0.323 e. The SMILES string of the molecule is O=C(Nc1ccc(C(=O)N2CCCCCC2)cc1)Nc1ccc([N+](=O)[O-])cc1. The average molecular weight is 382 g/mol. The number of carbonyl (C=O) groups excluding carboxylic acids is 2. The van der Waals surface area contributed by atoms with Crippen molar-refractivity contribution in [3.63, 3.8) is 0 Å². The molecular weight excluding hydrogens is 360 g/mol. The summed E-state index contributed by atoms with van der Waals surface area (Å²) in [6.45, 7) is 1.58. The molecule has 0 unspecified atom stereocenters. The molecule has 1 aliphatic rings. The number of nitro benzene ring substituents is 1. The molecule has 2 aromatic rings. The highest BCUT2D eigenvalue weighted by Crippen LogP contribution is 2.17. The molecule has 3 rings (SSSR count). The van der Waals surface area contributed by atoms with Gasteiger partial charge in [-0.05, 0) is 49.2 Å². The van der Waals surface area contributed by atoms with Crippen molar-refractivity contribution in [1.29, 1.82) is 0 Å². The van der Waals surface area contributed by atoms with E-state index < -0.39 is 11.0 Å². The van der Waals surface area contributed by atoms with Crippen LogP contribution in [0.4, 0.5) is 21.9 Å². The van der Waals surface area contributed by atoms with Crippen molar-refractivity contribution in [2.75, 3.05) is 23.7 Å². The first-order valence-electron chi connectivity index (χ1n) is 9.25. The van der Waals surface area contributed by atoms with Crippen LogP contribution in [-0.4, -0.2) is 34.9 Å². The second-order valence-corrected chi connectivity index (χ2v) is 6.67. The smallest absolute Gasteiger partial charge is 0.323 e. The largest absolute Gasteiger partial charge is 0.339 e. The number of carbonyl (C=O) groups is 2. The van der Waals surface area contributed by atoms with Crippen LogP contribution in [0.25, 0.3) is 0 Å². The van der Waals surface area contributed by atoms with Gasteiger partial charge in [-0.2, -0.15) is 0 Å². The number of benzene rings is 2. The average Bonchev–Trinajstić information content (AvgIpc) is 2.98. The molecule has 0 aliphatic carbocycles. The van der Waals surface area contributed by atoms with Gasteiger partial charge in [0.1, 0.15) is 0 Å². The molecule has 0 aromatic heterocycles. The summed E-state index contributed by atoms with van der Waals surface area (Å²) >= 11 is 0. The number of hydrogen-bond acceptors (Lipinski definition) is 4. The first kappa shape index (κ1) is 19.3. The van der Waals surface area contributed by atoms with Gasteiger partial charge in [-0.1, -0.05) is 12.8 Å². The maximum atomic E-state index is 12.6. The van der Waals surface area contributed by atoms with E-state index in [-0.39, 0.29) is 11.6 Å². The zero-order valence-electron chi connectivity index (χ0n) is 15.4. The fraction of sp³-hybridized carbons (Fsp3) is 0.300. The normalized spacial score (nSPS) is 14.1. The molecule has 0 bridgehead atoms. The standard InChI is InChI=1S/C20H22N4O4/c25-19(23-13-3-1-2-4-14-23)15-5-7-16(8-6-15)21-20(26)22-17-9-11-18(12-10-17)24(27)28/h5-12H,1-4,13-14H2,(H2,21,22,26). The van der Waals surface area contributed by atoms with Crippen molar-refractivity contribution in [3.05, 3.63) is 64.2 Å². The van der Waals surface area contributed by atoms with Crippen molar-refractivity contribution >= 4 is 29.0 Å². The summed E-state index contributed by atoms with van der Waals surface area (Å²) in [6.07, 6.45) is 4.40. The van der Waals surface area contributed by atoms with E-state index in [1.807, 2.05) is 4.90 Å². The van der Waals surface area contributed by atoms with E-state index in [1.54, 1.807) is 24.3 Å². The lowest BCUT2D eigenvalue weighted by molar-refractivity contribution is -0.384. The van der Waals surface area contributed by atoms with Crippen LogP contribution in [0, 0.1) is 10.1 Å². The number of rotatable bonds is 4. The van der Waals surface area contributed by atoms with Crippen molar-refractivity contribution < 1.29 is 14.5 Å². The van der Waals surface area contributed by atoms with Crippen LogP contribution >= 0.6 is 0 Å². The Morgan fingerprint density at radius 1 is 0.821 bits per heavy atom. The molecule has 0 saturated carbocycles. The van der Waals surface area contributed by atoms with E-state index in [1.165, 1.54) is 24.3 Å². The molecule has 2 N–H and O–H groups in total. The second kappa shape index (κ2) is 8.98. The predicted molar refractivity (Wildman–Crippen MR) is 107 cm³/mol. The molecule has 0 atom stereocenters. The Labute approximate surface area is 162 Å². The number of hydrogen-bond donors (Lipinski definition) is 2. The molecule has 8 heteroatoms. The number of nitro groups is 1. The molecule has 1 heterocycles. The van der Waals surface area contributed by atoms with Gasteiger partial charge >= 0.3 is 6.03 Å². The summed E-state index contributed by atoms with van der Waals surface area (Å²) in [5.74, 6) is 0.0174. The minimum atomic E-state index is -0.502. The van der Waals surface area contributed by atoms with Crippen molar-refractivity contribution in [1.82, 2.24) is 4.90 Å². The zero-order chi connectivity index (χ0) is 19.9. The van der Waals surface area contributed by atoms with Gasteiger partial charge in [0.05, 0.1) is 4.92 Å². The van der Waals surface area contributed by atoms with E-state index in [0.29, 0.717) is 16.9 Å². The quantitative estimate of drug-likeness (QED) is 0.609. The van der Waals surface area contributed by atoms with E-state index >= 15 is 0 Å². The molecule has 0 spiro atoms. The van der Waals surface area contributed by atoms with Crippen LogP contribution in [0.5, 0.6) is 0 Å². The van der Waals surface area contributed by atoms with Gasteiger partial charge in [-0.15, -0.1) is 0 Å². The van der Waals surface area contributed by atoms with Gasteiger partial charge in [-0.3, -0.25) is 14.9 Å². The van der Waals surface area contributed by atoms with Crippen LogP contribution < -0.4 is 10.6 Å². The van der Waals surface area contributed by atoms with Gasteiger partial charge in [-0.25, -0.2) is 4.79 Å². The minimum Gasteiger partial charge on any atom is -0.339 e. The van der Waals surface area contributed by atoms with E-state index in [0.717, 1.165) is 38.8 Å². The van der Waals surface area contributed by atoms with Gasteiger partial charge in [0.15, 0.2) is 0 Å². The van der Waals surface area contributed by atoms with Crippen molar-refractivity contribution in [3.8, 4) is 0 Å². The van der Waals surface area contributed by atoms with Crippen LogP contribution in [0.2, 0.25) is 0 Å². The Bertz CT molecular complexity index is 842. The second-order valence-electron chi connectivity index (χ2n) is 6.67. The Morgan fingerprint density at radius 2 is 1.32 bits per heavy atom. The fourth-order valence-corrected chi connectivity index (χ4v) is 3.11. The highest BCUT2D eigenvalue weighted by molar-refractivity contribution is 6.00. The van der Waals surface area contributed by atoms with E-state index in [4.69, 9.17) is 0 Å². The maximum absolute atomic E-state index is 12.6. The monoisotopic (exact) mass is 382 g/mol. The Kier molecular flexibility index (Phi) is 6.21. The first-order chi connectivity index (χ1) is 13.5. The van der Waals surface area contributed by atoms with Crippen LogP contribution in [-0.2, 0) is 0 Å². The fourth-order valence-electron chi connectivity index (χ4n) is 3.11. The molecule has 3 amide bonds. The van der Waals surface area contributed by atoms with Crippen LogP contribution in [0.1, 0.15) is 36.0 Å². The third-order valence-electron chi connectivity index (χ3n) is 4.62. The van der Waals surface area contributed by atoms with E-state index in [9.17, 15) is 19.7 Å². The summed E-state index contributed by atoms with van der Waals surface area (Å²) in [5.41, 5.74) is 1.54. The molecule has 1 fully saturated rings.